The minimum atomic E-state index is 0.481. The van der Waals surface area contributed by atoms with Gasteiger partial charge in [0.1, 0.15) is 6.29 Å². The van der Waals surface area contributed by atoms with Crippen molar-refractivity contribution in [1.82, 2.24) is 0 Å². The van der Waals surface area contributed by atoms with Crippen LogP contribution in [0.25, 0.3) is 0 Å². The molecule has 3 heteroatoms. The van der Waals surface area contributed by atoms with Gasteiger partial charge < -0.3 is 4.79 Å². The number of carbonyl (C=O) groups is 1. The van der Waals surface area contributed by atoms with Gasteiger partial charge in [0.05, 0.1) is 0 Å². The van der Waals surface area contributed by atoms with Crippen molar-refractivity contribution in [3.05, 3.63) is 0 Å². The summed E-state index contributed by atoms with van der Waals surface area (Å²) in [7, 11) is 2.13. The average molecular weight is 104 g/mol. The molecule has 0 aliphatic carbocycles. The predicted molar refractivity (Wildman–Crippen MR) is 29.7 cm³/mol. The summed E-state index contributed by atoms with van der Waals surface area (Å²) in [5, 5.41) is 0.481. The van der Waals surface area contributed by atoms with E-state index in [0.717, 1.165) is 26.8 Å². The Balaban J connectivity index is 2.83. The normalized spacial score (nSPS) is 15.2. The van der Waals surface area contributed by atoms with Gasteiger partial charge in [-0.25, -0.2) is 0 Å². The van der Waals surface area contributed by atoms with Crippen molar-refractivity contribution in [2.45, 2.75) is 5.16 Å². The topological polar surface area (TPSA) is 17.1 Å². The monoisotopic (exact) mass is 104 g/mol. The largest absolute Gasteiger partial charge is 0.304 e. The zero-order valence-corrected chi connectivity index (χ0v) is 7.56. The van der Waals surface area contributed by atoms with Gasteiger partial charge in [-0.15, -0.1) is 0 Å². The standard InChI is InChI=1S/C2H8OSi2/c3-1-2(4)5/h1-2H,4-5H3. The molecule has 0 radical (unpaired) electrons. The van der Waals surface area contributed by atoms with Gasteiger partial charge in [0.25, 0.3) is 0 Å². The van der Waals surface area contributed by atoms with Gasteiger partial charge in [-0.2, -0.15) is 0 Å². The van der Waals surface area contributed by atoms with E-state index < -0.39 is 0 Å². The maximum Gasteiger partial charge on any atom is 0.116 e. The lowest BCUT2D eigenvalue weighted by Crippen LogP contribution is -1.88. The van der Waals surface area contributed by atoms with Crippen LogP contribution in [0.1, 0.15) is 0 Å². The second-order valence-electron chi connectivity index (χ2n) is 1.38. The Kier molecular flexibility index (Phi) is 2.40. The second kappa shape index (κ2) is 2.35. The van der Waals surface area contributed by atoms with E-state index in [-0.39, 0.29) is 0 Å². The highest BCUT2D eigenvalue weighted by Crippen LogP contribution is 1.73. The third-order valence-electron chi connectivity index (χ3n) is 0.272. The van der Waals surface area contributed by atoms with Crippen molar-refractivity contribution < 1.29 is 4.79 Å². The molecule has 0 spiro atoms. The van der Waals surface area contributed by atoms with E-state index >= 15 is 0 Å². The lowest BCUT2D eigenvalue weighted by Gasteiger charge is -1.78. The number of hydrogen-bond acceptors (Lipinski definition) is 1. The molecule has 0 aliphatic rings. The van der Waals surface area contributed by atoms with Gasteiger partial charge in [0.15, 0.2) is 0 Å². The van der Waals surface area contributed by atoms with Crippen LogP contribution in [0.4, 0.5) is 0 Å². The third-order valence-corrected chi connectivity index (χ3v) is 0.816. The Morgan fingerprint density at radius 3 is 1.80 bits per heavy atom. The van der Waals surface area contributed by atoms with E-state index in [2.05, 4.69) is 0 Å². The van der Waals surface area contributed by atoms with Crippen molar-refractivity contribution >= 4 is 26.8 Å². The van der Waals surface area contributed by atoms with Crippen molar-refractivity contribution in [3.8, 4) is 0 Å². The molecule has 0 amide bonds. The number of aldehydes is 1. The van der Waals surface area contributed by atoms with Crippen LogP contribution in [0.2, 0.25) is 5.16 Å². The molecular weight excluding hydrogens is 96.2 g/mol. The molecule has 0 unspecified atom stereocenters. The zero-order chi connectivity index (χ0) is 4.28. The Hall–Kier alpha value is 0.104. The fourth-order valence-electron chi connectivity index (χ4n) is 0. The van der Waals surface area contributed by atoms with Crippen molar-refractivity contribution in [1.29, 1.82) is 0 Å². The van der Waals surface area contributed by atoms with Crippen molar-refractivity contribution in [2.75, 3.05) is 0 Å². The highest BCUT2D eigenvalue weighted by atomic mass is 28.2. The van der Waals surface area contributed by atoms with Gasteiger partial charge in [-0.1, -0.05) is 0 Å². The van der Waals surface area contributed by atoms with E-state index in [9.17, 15) is 4.79 Å². The fourth-order valence-corrected chi connectivity index (χ4v) is 0. The first-order chi connectivity index (χ1) is 2.27. The lowest BCUT2D eigenvalue weighted by atomic mass is 10.9. The summed E-state index contributed by atoms with van der Waals surface area (Å²) in [4.78, 5) is 9.57. The van der Waals surface area contributed by atoms with Crippen molar-refractivity contribution in [3.63, 3.8) is 0 Å². The Morgan fingerprint density at radius 1 is 1.60 bits per heavy atom. The highest BCUT2D eigenvalue weighted by molar-refractivity contribution is 6.43. The van der Waals surface area contributed by atoms with E-state index in [1.54, 1.807) is 0 Å². The second-order valence-corrected chi connectivity index (χ2v) is 7.33. The molecule has 0 aliphatic heterocycles. The quantitative estimate of drug-likeness (QED) is 0.269. The fraction of sp³-hybridized carbons (Fsp3) is 0.500. The van der Waals surface area contributed by atoms with E-state index in [0.29, 0.717) is 5.16 Å². The molecule has 0 aromatic rings. The molecule has 1 nitrogen and oxygen atoms in total. The Bertz CT molecular complexity index is 34.6. The number of hydrogen-bond donors (Lipinski definition) is 0. The zero-order valence-electron chi connectivity index (χ0n) is 3.56. The summed E-state index contributed by atoms with van der Waals surface area (Å²) in [5.74, 6) is 0. The molecule has 0 saturated heterocycles. The van der Waals surface area contributed by atoms with Gasteiger partial charge in [0.2, 0.25) is 0 Å². The van der Waals surface area contributed by atoms with Crippen LogP contribution in [0.3, 0.4) is 0 Å². The van der Waals surface area contributed by atoms with E-state index in [4.69, 9.17) is 0 Å². The lowest BCUT2D eigenvalue weighted by molar-refractivity contribution is -0.106. The summed E-state index contributed by atoms with van der Waals surface area (Å²) in [6, 6.07) is 0. The van der Waals surface area contributed by atoms with Gasteiger partial charge in [-0.05, 0) is 5.16 Å². The van der Waals surface area contributed by atoms with E-state index in [1.165, 1.54) is 0 Å². The Labute approximate surface area is 37.6 Å². The van der Waals surface area contributed by atoms with Crippen LogP contribution in [-0.2, 0) is 4.79 Å². The number of carbonyl (C=O) groups excluding carboxylic acids is 1. The minimum Gasteiger partial charge on any atom is -0.304 e. The molecule has 0 fully saturated rings. The van der Waals surface area contributed by atoms with Crippen LogP contribution < -0.4 is 0 Å². The first-order valence-electron chi connectivity index (χ1n) is 1.72. The third kappa shape index (κ3) is 4.10. The first kappa shape index (κ1) is 5.10. The van der Waals surface area contributed by atoms with Crippen LogP contribution >= 0.6 is 0 Å². The molecule has 0 aromatic heterocycles. The SMILES string of the molecule is O=CC([SiH3])[SiH3]. The smallest absolute Gasteiger partial charge is 0.116 e. The maximum absolute atomic E-state index is 9.57. The average Bonchev–Trinajstić information content (AvgIpc) is 1.38. The molecular formula is C2H8OSi2. The maximum atomic E-state index is 9.57. The summed E-state index contributed by atoms with van der Waals surface area (Å²) >= 11 is 0. The molecule has 0 heterocycles. The van der Waals surface area contributed by atoms with Gasteiger partial charge >= 0.3 is 0 Å². The van der Waals surface area contributed by atoms with Crippen LogP contribution in [-0.4, -0.2) is 26.8 Å². The molecule has 0 rings (SSSR count). The molecule has 0 atom stereocenters. The van der Waals surface area contributed by atoms with Crippen LogP contribution in [0.5, 0.6) is 0 Å². The number of rotatable bonds is 1. The first-order valence-corrected chi connectivity index (χ1v) is 4.03. The molecule has 30 valence electrons. The van der Waals surface area contributed by atoms with Gasteiger partial charge in [0, 0.05) is 20.5 Å². The molecule has 0 saturated carbocycles. The predicted octanol–water partition coefficient (Wildman–Crippen LogP) is -2.34. The molecule has 0 aromatic carbocycles. The summed E-state index contributed by atoms with van der Waals surface area (Å²) in [6.45, 7) is 0. The van der Waals surface area contributed by atoms with Crippen molar-refractivity contribution in [2.24, 2.45) is 0 Å². The highest BCUT2D eigenvalue weighted by Gasteiger charge is 1.80. The van der Waals surface area contributed by atoms with E-state index in [1.807, 2.05) is 0 Å². The summed E-state index contributed by atoms with van der Waals surface area (Å²) in [6.07, 6.45) is 1.04. The van der Waals surface area contributed by atoms with Gasteiger partial charge in [-0.3, -0.25) is 0 Å². The van der Waals surface area contributed by atoms with Crippen LogP contribution in [0.15, 0.2) is 0 Å². The molecule has 0 bridgehead atoms. The summed E-state index contributed by atoms with van der Waals surface area (Å²) in [5.41, 5.74) is 0. The summed E-state index contributed by atoms with van der Waals surface area (Å²) < 4.78 is 0. The Morgan fingerprint density at radius 2 is 1.80 bits per heavy atom. The minimum absolute atomic E-state index is 0.481. The van der Waals surface area contributed by atoms with Crippen LogP contribution in [0, 0.1) is 0 Å². The molecule has 0 N–H and O–H groups in total. The molecule has 5 heavy (non-hydrogen) atoms.